The Hall–Kier alpha value is -1.74. The third-order valence-electron chi connectivity index (χ3n) is 3.26. The van der Waals surface area contributed by atoms with E-state index in [4.69, 9.17) is 15.3 Å². The maximum atomic E-state index is 13.2. The number of carbonyl (C=O) groups is 3. The number of halogens is 1. The molecule has 0 aromatic rings. The van der Waals surface area contributed by atoms with Gasteiger partial charge in [-0.1, -0.05) is 19.8 Å². The molecular formula is C13H23FN2O6. The predicted molar refractivity (Wildman–Crippen MR) is 75.0 cm³/mol. The summed E-state index contributed by atoms with van der Waals surface area (Å²) in [5, 5.41) is 27.0. The third-order valence-corrected chi connectivity index (χ3v) is 3.26. The van der Waals surface area contributed by atoms with E-state index in [9.17, 15) is 18.9 Å². The van der Waals surface area contributed by atoms with Gasteiger partial charge in [-0.25, -0.2) is 0 Å². The SMILES string of the molecule is CC1CCCC[C@@H]1N(F)CC(=O)O.O=C(O)CNCC(=O)O. The molecule has 1 fully saturated rings. The van der Waals surface area contributed by atoms with Crippen LogP contribution in [0.5, 0.6) is 0 Å². The van der Waals surface area contributed by atoms with Crippen LogP contribution >= 0.6 is 0 Å². The molecule has 2 atom stereocenters. The standard InChI is InChI=1S/C9H16FNO2.C4H7NO4/c1-7-4-2-3-5-8(7)11(10)6-9(12)13;6-3(7)1-5-2-4(8)9/h7-8H,2-6H2,1H3,(H,12,13);5H,1-2H2,(H,6,7)(H,8,9)/t7?,8-;/m0./s1. The van der Waals surface area contributed by atoms with Gasteiger partial charge in [-0.3, -0.25) is 19.7 Å². The van der Waals surface area contributed by atoms with Crippen molar-refractivity contribution >= 4 is 17.9 Å². The lowest BCUT2D eigenvalue weighted by molar-refractivity contribution is -0.147. The van der Waals surface area contributed by atoms with Crippen molar-refractivity contribution in [1.29, 1.82) is 0 Å². The molecule has 128 valence electrons. The average molecular weight is 322 g/mol. The smallest absolute Gasteiger partial charge is 0.320 e. The van der Waals surface area contributed by atoms with Crippen LogP contribution in [0.1, 0.15) is 32.6 Å². The second-order valence-corrected chi connectivity index (χ2v) is 5.17. The van der Waals surface area contributed by atoms with Gasteiger partial charge in [0.25, 0.3) is 0 Å². The van der Waals surface area contributed by atoms with Gasteiger partial charge in [-0.15, -0.1) is 9.60 Å². The van der Waals surface area contributed by atoms with Gasteiger partial charge in [0.2, 0.25) is 0 Å². The largest absolute Gasteiger partial charge is 0.480 e. The maximum Gasteiger partial charge on any atom is 0.320 e. The maximum absolute atomic E-state index is 13.2. The first-order valence-corrected chi connectivity index (χ1v) is 7.02. The summed E-state index contributed by atoms with van der Waals surface area (Å²) < 4.78 is 13.2. The minimum absolute atomic E-state index is 0.190. The summed E-state index contributed by atoms with van der Waals surface area (Å²) >= 11 is 0. The lowest BCUT2D eigenvalue weighted by atomic mass is 9.86. The molecule has 1 aliphatic carbocycles. The molecular weight excluding hydrogens is 299 g/mol. The quantitative estimate of drug-likeness (QED) is 0.501. The fraction of sp³-hybridized carbons (Fsp3) is 0.769. The second-order valence-electron chi connectivity index (χ2n) is 5.17. The molecule has 0 bridgehead atoms. The van der Waals surface area contributed by atoms with Crippen molar-refractivity contribution in [3.63, 3.8) is 0 Å². The van der Waals surface area contributed by atoms with E-state index >= 15 is 0 Å². The highest BCUT2D eigenvalue weighted by Gasteiger charge is 2.28. The Labute approximate surface area is 127 Å². The summed E-state index contributed by atoms with van der Waals surface area (Å²) in [5.74, 6) is -2.94. The summed E-state index contributed by atoms with van der Waals surface area (Å²) in [4.78, 5) is 29.7. The molecule has 1 rings (SSSR count). The van der Waals surface area contributed by atoms with Crippen LogP contribution in [-0.2, 0) is 14.4 Å². The molecule has 0 amide bonds. The zero-order chi connectivity index (χ0) is 17.1. The molecule has 0 radical (unpaired) electrons. The van der Waals surface area contributed by atoms with Crippen molar-refractivity contribution < 1.29 is 34.2 Å². The number of carboxylic acid groups (broad SMARTS) is 3. The van der Waals surface area contributed by atoms with E-state index in [1.165, 1.54) is 0 Å². The number of carboxylic acids is 3. The van der Waals surface area contributed by atoms with Crippen molar-refractivity contribution in [2.75, 3.05) is 19.6 Å². The lowest BCUT2D eigenvalue weighted by Crippen LogP contribution is -2.39. The number of nitrogens with one attached hydrogen (secondary N) is 1. The summed E-state index contributed by atoms with van der Waals surface area (Å²) in [7, 11) is 0. The molecule has 9 heteroatoms. The van der Waals surface area contributed by atoms with Crippen molar-refractivity contribution in [3.05, 3.63) is 0 Å². The monoisotopic (exact) mass is 322 g/mol. The van der Waals surface area contributed by atoms with Crippen LogP contribution in [0, 0.1) is 5.92 Å². The first-order valence-electron chi connectivity index (χ1n) is 7.02. The molecule has 0 aliphatic heterocycles. The Morgan fingerprint density at radius 3 is 1.95 bits per heavy atom. The minimum Gasteiger partial charge on any atom is -0.480 e. The van der Waals surface area contributed by atoms with Gasteiger partial charge < -0.3 is 15.3 Å². The summed E-state index contributed by atoms with van der Waals surface area (Å²) in [6.07, 6.45) is 3.93. The number of hydrogen-bond donors (Lipinski definition) is 4. The first kappa shape index (κ1) is 20.3. The van der Waals surface area contributed by atoms with E-state index in [0.717, 1.165) is 25.7 Å². The molecule has 8 nitrogen and oxygen atoms in total. The Balaban J connectivity index is 0.000000433. The van der Waals surface area contributed by atoms with E-state index in [1.54, 1.807) is 0 Å². The van der Waals surface area contributed by atoms with E-state index in [-0.39, 0.29) is 25.0 Å². The van der Waals surface area contributed by atoms with Crippen molar-refractivity contribution in [3.8, 4) is 0 Å². The number of rotatable bonds is 7. The molecule has 1 aliphatic rings. The van der Waals surface area contributed by atoms with Crippen LogP contribution in [-0.4, -0.2) is 64.0 Å². The topological polar surface area (TPSA) is 127 Å². The first-order chi connectivity index (χ1) is 10.2. The van der Waals surface area contributed by atoms with Crippen LogP contribution < -0.4 is 5.32 Å². The number of nitrogens with zero attached hydrogens (tertiary/aromatic N) is 1. The van der Waals surface area contributed by atoms with Crippen LogP contribution in [0.2, 0.25) is 0 Å². The van der Waals surface area contributed by atoms with E-state index in [2.05, 4.69) is 5.32 Å². The molecule has 22 heavy (non-hydrogen) atoms. The average Bonchev–Trinajstić information content (AvgIpc) is 2.38. The van der Waals surface area contributed by atoms with Crippen molar-refractivity contribution in [2.24, 2.45) is 5.92 Å². The zero-order valence-electron chi connectivity index (χ0n) is 12.5. The van der Waals surface area contributed by atoms with Crippen LogP contribution in [0.4, 0.5) is 4.48 Å². The van der Waals surface area contributed by atoms with Crippen LogP contribution in [0.15, 0.2) is 0 Å². The van der Waals surface area contributed by atoms with Crippen molar-refractivity contribution in [1.82, 2.24) is 10.4 Å². The number of hydrogen-bond acceptors (Lipinski definition) is 5. The lowest BCUT2D eigenvalue weighted by Gasteiger charge is -2.31. The third kappa shape index (κ3) is 10.1. The molecule has 0 heterocycles. The second kappa shape index (κ2) is 10.9. The Morgan fingerprint density at radius 2 is 1.55 bits per heavy atom. The molecule has 4 N–H and O–H groups in total. The molecule has 1 saturated carbocycles. The Kier molecular flexibility index (Phi) is 10.0. The van der Waals surface area contributed by atoms with E-state index in [0.29, 0.717) is 5.12 Å². The molecule has 0 saturated heterocycles. The highest BCUT2D eigenvalue weighted by molar-refractivity contribution is 5.72. The molecule has 1 unspecified atom stereocenters. The number of aliphatic carboxylic acids is 3. The zero-order valence-corrected chi connectivity index (χ0v) is 12.5. The van der Waals surface area contributed by atoms with E-state index < -0.39 is 24.5 Å². The predicted octanol–water partition coefficient (Wildman–Crippen LogP) is 0.581. The van der Waals surface area contributed by atoms with Gasteiger partial charge >= 0.3 is 17.9 Å². The van der Waals surface area contributed by atoms with Gasteiger partial charge in [-0.2, -0.15) is 0 Å². The highest BCUT2D eigenvalue weighted by atomic mass is 19.2. The van der Waals surface area contributed by atoms with Crippen LogP contribution in [0.3, 0.4) is 0 Å². The van der Waals surface area contributed by atoms with E-state index in [1.807, 2.05) is 6.92 Å². The minimum atomic E-state index is -1.10. The summed E-state index contributed by atoms with van der Waals surface area (Å²) in [6, 6.07) is -0.190. The van der Waals surface area contributed by atoms with Gasteiger partial charge in [-0.05, 0) is 18.8 Å². The van der Waals surface area contributed by atoms with Crippen LogP contribution in [0.25, 0.3) is 0 Å². The Bertz CT molecular complexity index is 366. The molecule has 0 aromatic carbocycles. The summed E-state index contributed by atoms with van der Waals surface area (Å²) in [5.41, 5.74) is 0. The fourth-order valence-electron chi connectivity index (χ4n) is 2.24. The van der Waals surface area contributed by atoms with Gasteiger partial charge in [0, 0.05) is 6.04 Å². The highest BCUT2D eigenvalue weighted by Crippen LogP contribution is 2.27. The van der Waals surface area contributed by atoms with Gasteiger partial charge in [0.05, 0.1) is 13.1 Å². The molecule has 0 spiro atoms. The van der Waals surface area contributed by atoms with Gasteiger partial charge in [0.1, 0.15) is 6.54 Å². The normalized spacial score (nSPS) is 20.9. The Morgan fingerprint density at radius 1 is 1.05 bits per heavy atom. The fourth-order valence-corrected chi connectivity index (χ4v) is 2.24. The summed E-state index contributed by atoms with van der Waals surface area (Å²) in [6.45, 7) is 0.867. The van der Waals surface area contributed by atoms with Gasteiger partial charge in [0.15, 0.2) is 0 Å². The molecule has 0 aromatic heterocycles. The van der Waals surface area contributed by atoms with Crippen molar-refractivity contribution in [2.45, 2.75) is 38.6 Å².